The molecule has 0 atom stereocenters. The van der Waals surface area contributed by atoms with Crippen molar-refractivity contribution in [3.05, 3.63) is 42.9 Å². The number of hydrogen-bond acceptors (Lipinski definition) is 5. The molecule has 1 amide bonds. The maximum absolute atomic E-state index is 11.9. The van der Waals surface area contributed by atoms with Crippen LogP contribution in [0.2, 0.25) is 0 Å². The molecule has 3 aromatic rings. The number of nitrogens with zero attached hydrogens (tertiary/aromatic N) is 4. The highest BCUT2D eigenvalue weighted by atomic mass is 16.2. The van der Waals surface area contributed by atoms with E-state index in [0.29, 0.717) is 11.5 Å². The van der Waals surface area contributed by atoms with Crippen molar-refractivity contribution in [3.8, 4) is 0 Å². The van der Waals surface area contributed by atoms with Crippen LogP contribution in [0, 0.1) is 0 Å². The van der Waals surface area contributed by atoms with E-state index < -0.39 is 0 Å². The van der Waals surface area contributed by atoms with Gasteiger partial charge in [-0.1, -0.05) is 0 Å². The number of rotatable bonds is 3. The molecule has 0 bridgehead atoms. The molecule has 3 N–H and O–H groups in total. The van der Waals surface area contributed by atoms with Crippen LogP contribution in [0.1, 0.15) is 0 Å². The summed E-state index contributed by atoms with van der Waals surface area (Å²) in [6.07, 6.45) is 4.89. The second-order valence-electron chi connectivity index (χ2n) is 4.25. The standard InChI is InChI=1S/C13H12N6O/c14-12-3-6-19(18-12)8-13(20)17-9-1-2-10-11(7-9)16-5-4-15-10/h1-7H,8H2,(H2,14,18)(H,17,20). The summed E-state index contributed by atoms with van der Waals surface area (Å²) in [6.45, 7) is 0.107. The minimum absolute atomic E-state index is 0.107. The lowest BCUT2D eigenvalue weighted by atomic mass is 10.2. The number of hydrogen-bond donors (Lipinski definition) is 2. The molecule has 7 heteroatoms. The number of fused-ring (bicyclic) bond motifs is 1. The number of amides is 1. The number of nitrogen functional groups attached to an aromatic ring is 1. The molecule has 3 rings (SSSR count). The van der Waals surface area contributed by atoms with E-state index in [1.807, 2.05) is 6.07 Å². The normalized spacial score (nSPS) is 10.6. The summed E-state index contributed by atoms with van der Waals surface area (Å²) >= 11 is 0. The van der Waals surface area contributed by atoms with Crippen LogP contribution in [0.15, 0.2) is 42.9 Å². The molecule has 100 valence electrons. The Kier molecular flexibility index (Phi) is 3.00. The molecule has 0 unspecified atom stereocenters. The summed E-state index contributed by atoms with van der Waals surface area (Å²) in [5.41, 5.74) is 7.67. The van der Waals surface area contributed by atoms with Gasteiger partial charge < -0.3 is 11.1 Å². The maximum Gasteiger partial charge on any atom is 0.246 e. The van der Waals surface area contributed by atoms with Crippen LogP contribution in [0.4, 0.5) is 11.5 Å². The van der Waals surface area contributed by atoms with Crippen LogP contribution in [-0.4, -0.2) is 25.7 Å². The predicted molar refractivity (Wildman–Crippen MR) is 74.8 cm³/mol. The van der Waals surface area contributed by atoms with E-state index in [1.165, 1.54) is 4.68 Å². The zero-order valence-corrected chi connectivity index (χ0v) is 10.5. The van der Waals surface area contributed by atoms with E-state index in [-0.39, 0.29) is 12.5 Å². The Labute approximate surface area is 114 Å². The number of nitrogens with one attached hydrogen (secondary N) is 1. The lowest BCUT2D eigenvalue weighted by molar-refractivity contribution is -0.116. The molecule has 0 aliphatic carbocycles. The molecule has 1 aromatic carbocycles. The summed E-state index contributed by atoms with van der Waals surface area (Å²) in [7, 11) is 0. The lowest BCUT2D eigenvalue weighted by Crippen LogP contribution is -2.19. The van der Waals surface area contributed by atoms with Crippen molar-refractivity contribution in [2.45, 2.75) is 6.54 Å². The highest BCUT2D eigenvalue weighted by Gasteiger charge is 2.05. The molecule has 0 saturated carbocycles. The van der Waals surface area contributed by atoms with E-state index in [1.54, 1.807) is 36.8 Å². The third-order valence-electron chi connectivity index (χ3n) is 2.72. The van der Waals surface area contributed by atoms with Crippen LogP contribution in [0.25, 0.3) is 11.0 Å². The van der Waals surface area contributed by atoms with Gasteiger partial charge in [0.2, 0.25) is 5.91 Å². The molecular weight excluding hydrogens is 256 g/mol. The summed E-state index contributed by atoms with van der Waals surface area (Å²) < 4.78 is 1.48. The van der Waals surface area contributed by atoms with Gasteiger partial charge in [-0.3, -0.25) is 19.4 Å². The van der Waals surface area contributed by atoms with Crippen LogP contribution in [-0.2, 0) is 11.3 Å². The fourth-order valence-corrected chi connectivity index (χ4v) is 1.85. The molecule has 0 fully saturated rings. The fourth-order valence-electron chi connectivity index (χ4n) is 1.85. The molecule has 0 radical (unpaired) electrons. The quantitative estimate of drug-likeness (QED) is 0.739. The van der Waals surface area contributed by atoms with E-state index in [2.05, 4.69) is 20.4 Å². The molecule has 2 heterocycles. The summed E-state index contributed by atoms with van der Waals surface area (Å²) in [6, 6.07) is 7.01. The Morgan fingerprint density at radius 1 is 1.20 bits per heavy atom. The van der Waals surface area contributed by atoms with Gasteiger partial charge in [0, 0.05) is 24.3 Å². The molecule has 2 aromatic heterocycles. The highest BCUT2D eigenvalue weighted by Crippen LogP contribution is 2.14. The van der Waals surface area contributed by atoms with Gasteiger partial charge in [-0.15, -0.1) is 0 Å². The lowest BCUT2D eigenvalue weighted by Gasteiger charge is -2.06. The van der Waals surface area contributed by atoms with Crippen molar-refractivity contribution in [3.63, 3.8) is 0 Å². The molecule has 0 aliphatic rings. The second-order valence-corrected chi connectivity index (χ2v) is 4.25. The Hall–Kier alpha value is -2.96. The van der Waals surface area contributed by atoms with Gasteiger partial charge in [-0.25, -0.2) is 0 Å². The van der Waals surface area contributed by atoms with Crippen LogP contribution in [0.5, 0.6) is 0 Å². The predicted octanol–water partition coefficient (Wildman–Crippen LogP) is 1.05. The number of anilines is 2. The first-order valence-electron chi connectivity index (χ1n) is 6.00. The Bertz CT molecular complexity index is 766. The number of nitrogens with two attached hydrogens (primary N) is 1. The van der Waals surface area contributed by atoms with Crippen LogP contribution >= 0.6 is 0 Å². The van der Waals surface area contributed by atoms with Crippen molar-refractivity contribution in [1.29, 1.82) is 0 Å². The molecule has 7 nitrogen and oxygen atoms in total. The SMILES string of the molecule is Nc1ccn(CC(=O)Nc2ccc3nccnc3c2)n1. The maximum atomic E-state index is 11.9. The van der Waals surface area contributed by atoms with E-state index >= 15 is 0 Å². The summed E-state index contributed by atoms with van der Waals surface area (Å²) in [5, 5.41) is 6.74. The minimum atomic E-state index is -0.184. The molecule has 0 saturated heterocycles. The summed E-state index contributed by atoms with van der Waals surface area (Å²) in [5.74, 6) is 0.204. The Morgan fingerprint density at radius 2 is 2.00 bits per heavy atom. The first-order chi connectivity index (χ1) is 9.70. The topological polar surface area (TPSA) is 98.7 Å². The molecule has 0 spiro atoms. The van der Waals surface area contributed by atoms with Gasteiger partial charge >= 0.3 is 0 Å². The zero-order chi connectivity index (χ0) is 13.9. The minimum Gasteiger partial charge on any atom is -0.382 e. The Morgan fingerprint density at radius 3 is 2.75 bits per heavy atom. The zero-order valence-electron chi connectivity index (χ0n) is 10.5. The van der Waals surface area contributed by atoms with Crippen LogP contribution in [0.3, 0.4) is 0 Å². The largest absolute Gasteiger partial charge is 0.382 e. The fraction of sp³-hybridized carbons (Fsp3) is 0.0769. The van der Waals surface area contributed by atoms with Gasteiger partial charge in [0.05, 0.1) is 11.0 Å². The first-order valence-corrected chi connectivity index (χ1v) is 6.00. The first kappa shape index (κ1) is 12.1. The number of aromatic nitrogens is 4. The van der Waals surface area contributed by atoms with Gasteiger partial charge in [-0.2, -0.15) is 5.10 Å². The monoisotopic (exact) mass is 268 g/mol. The van der Waals surface area contributed by atoms with E-state index in [9.17, 15) is 4.79 Å². The average Bonchev–Trinajstić information content (AvgIpc) is 2.83. The number of carbonyl (C=O) groups is 1. The molecule has 20 heavy (non-hydrogen) atoms. The van der Waals surface area contributed by atoms with Crippen molar-refractivity contribution >= 4 is 28.4 Å². The highest BCUT2D eigenvalue weighted by molar-refractivity contribution is 5.92. The van der Waals surface area contributed by atoms with Crippen molar-refractivity contribution < 1.29 is 4.79 Å². The van der Waals surface area contributed by atoms with Gasteiger partial charge in [0.15, 0.2) is 0 Å². The second kappa shape index (κ2) is 4.96. The van der Waals surface area contributed by atoms with Crippen molar-refractivity contribution in [1.82, 2.24) is 19.7 Å². The number of carbonyl (C=O) groups excluding carboxylic acids is 1. The van der Waals surface area contributed by atoms with E-state index in [0.717, 1.165) is 11.0 Å². The molecule has 0 aliphatic heterocycles. The third-order valence-corrected chi connectivity index (χ3v) is 2.72. The Balaban J connectivity index is 1.73. The average molecular weight is 268 g/mol. The molecular formula is C13H12N6O. The van der Waals surface area contributed by atoms with E-state index in [4.69, 9.17) is 5.73 Å². The van der Waals surface area contributed by atoms with Crippen LogP contribution < -0.4 is 11.1 Å². The van der Waals surface area contributed by atoms with Gasteiger partial charge in [-0.05, 0) is 24.3 Å². The van der Waals surface area contributed by atoms with Crippen molar-refractivity contribution in [2.75, 3.05) is 11.1 Å². The van der Waals surface area contributed by atoms with Gasteiger partial charge in [0.25, 0.3) is 0 Å². The smallest absolute Gasteiger partial charge is 0.246 e. The summed E-state index contributed by atoms with van der Waals surface area (Å²) in [4.78, 5) is 20.2. The third kappa shape index (κ3) is 2.56. The number of benzene rings is 1. The van der Waals surface area contributed by atoms with Crippen molar-refractivity contribution in [2.24, 2.45) is 0 Å². The van der Waals surface area contributed by atoms with Gasteiger partial charge in [0.1, 0.15) is 12.4 Å².